The minimum Gasteiger partial charge on any atom is -0.485 e. The molecule has 11 nitrogen and oxygen atoms in total. The predicted octanol–water partition coefficient (Wildman–Crippen LogP) is 2.76. The Kier molecular flexibility index (Phi) is 7.15. The molecule has 40 heavy (non-hydrogen) atoms. The van der Waals surface area contributed by atoms with Crippen molar-refractivity contribution in [2.75, 3.05) is 39.5 Å². The summed E-state index contributed by atoms with van der Waals surface area (Å²) < 4.78 is 52.8. The van der Waals surface area contributed by atoms with Gasteiger partial charge in [-0.25, -0.2) is 22.8 Å². The molecule has 4 aromatic rings. The molecule has 3 aromatic heterocycles. The molecule has 6 rings (SSSR count). The average Bonchev–Trinajstić information content (AvgIpc) is 3.39. The van der Waals surface area contributed by atoms with E-state index in [1.165, 1.54) is 16.8 Å². The van der Waals surface area contributed by atoms with Crippen LogP contribution in [-0.2, 0) is 21.3 Å². The van der Waals surface area contributed by atoms with Gasteiger partial charge in [0.15, 0.2) is 0 Å². The molecule has 0 atom stereocenters. The molecule has 2 aliphatic rings. The van der Waals surface area contributed by atoms with Crippen molar-refractivity contribution in [3.8, 4) is 22.8 Å². The Balaban J connectivity index is 1.22. The zero-order valence-electron chi connectivity index (χ0n) is 21.0. The molecule has 208 valence electrons. The van der Waals surface area contributed by atoms with Gasteiger partial charge in [-0.05, 0) is 40.9 Å². The largest absolute Gasteiger partial charge is 0.485 e. The molecule has 0 aliphatic carbocycles. The summed E-state index contributed by atoms with van der Waals surface area (Å²) in [6.07, 6.45) is 4.57. The average molecular weight is 588 g/mol. The zero-order chi connectivity index (χ0) is 27.9. The van der Waals surface area contributed by atoms with Gasteiger partial charge in [0.25, 0.3) is 15.6 Å². The lowest BCUT2D eigenvalue weighted by atomic mass is 10.1. The molecule has 5 heterocycles. The summed E-state index contributed by atoms with van der Waals surface area (Å²) in [6, 6.07) is 8.23. The highest BCUT2D eigenvalue weighted by atomic mass is 35.5. The van der Waals surface area contributed by atoms with Crippen LogP contribution in [0.4, 0.5) is 4.39 Å². The highest BCUT2D eigenvalue weighted by Crippen LogP contribution is 2.35. The van der Waals surface area contributed by atoms with E-state index in [-0.39, 0.29) is 33.7 Å². The summed E-state index contributed by atoms with van der Waals surface area (Å²) in [5.74, 6) is -0.401. The summed E-state index contributed by atoms with van der Waals surface area (Å²) in [7, 11) is -4.19. The van der Waals surface area contributed by atoms with Crippen LogP contribution in [-0.4, -0.2) is 71.6 Å². The van der Waals surface area contributed by atoms with Crippen LogP contribution in [0, 0.1) is 5.82 Å². The number of hydrogen-bond donors (Lipinski definition) is 0. The number of ether oxygens (including phenoxy) is 2. The van der Waals surface area contributed by atoms with Crippen LogP contribution in [0.25, 0.3) is 16.8 Å². The highest BCUT2D eigenvalue weighted by Gasteiger charge is 2.35. The normalized spacial score (nSPS) is 16.1. The van der Waals surface area contributed by atoms with Gasteiger partial charge < -0.3 is 14.3 Å². The molecule has 0 radical (unpaired) electrons. The Morgan fingerprint density at radius 1 is 1.05 bits per heavy atom. The number of halogens is 2. The molecule has 1 aromatic carbocycles. The van der Waals surface area contributed by atoms with Crippen molar-refractivity contribution in [2.24, 2.45) is 0 Å². The fourth-order valence-electron chi connectivity index (χ4n) is 4.49. The molecule has 2 aliphatic heterocycles. The highest BCUT2D eigenvalue weighted by molar-refractivity contribution is 7.89. The van der Waals surface area contributed by atoms with Crippen molar-refractivity contribution in [3.05, 3.63) is 81.7 Å². The Morgan fingerprint density at radius 2 is 1.88 bits per heavy atom. The summed E-state index contributed by atoms with van der Waals surface area (Å²) in [5.41, 5.74) is 1.89. The van der Waals surface area contributed by atoms with Crippen molar-refractivity contribution < 1.29 is 27.1 Å². The Morgan fingerprint density at radius 3 is 2.67 bits per heavy atom. The number of rotatable bonds is 7. The van der Waals surface area contributed by atoms with Crippen LogP contribution >= 0.6 is 11.6 Å². The molecule has 0 N–H and O–H groups in total. The Hall–Kier alpha value is -3.62. The number of benzene rings is 1. The smallest absolute Gasteiger partial charge is 0.300 e. The molecule has 0 amide bonds. The van der Waals surface area contributed by atoms with E-state index >= 15 is 0 Å². The third-order valence-corrected chi connectivity index (χ3v) is 8.70. The van der Waals surface area contributed by atoms with E-state index < -0.39 is 15.8 Å². The quantitative estimate of drug-likeness (QED) is 0.322. The number of aromatic nitrogens is 3. The van der Waals surface area contributed by atoms with E-state index in [9.17, 15) is 17.6 Å². The van der Waals surface area contributed by atoms with Crippen molar-refractivity contribution in [3.63, 3.8) is 0 Å². The first-order chi connectivity index (χ1) is 19.3. The molecule has 0 saturated carbocycles. The van der Waals surface area contributed by atoms with E-state index in [2.05, 4.69) is 14.9 Å². The van der Waals surface area contributed by atoms with Gasteiger partial charge >= 0.3 is 0 Å². The maximum Gasteiger partial charge on any atom is 0.300 e. The van der Waals surface area contributed by atoms with Crippen molar-refractivity contribution >= 4 is 27.3 Å². The van der Waals surface area contributed by atoms with Crippen molar-refractivity contribution in [1.82, 2.24) is 23.7 Å². The number of morpholine rings is 1. The SMILES string of the molecule is O=c1c(OCCN2CCOCC2)cnc2ccc(-c3cnc4c(c3)CN(S(=O)(=O)c3ccc(F)cc3Cl)O4)cn12. The van der Waals surface area contributed by atoms with Crippen LogP contribution in [0.5, 0.6) is 11.6 Å². The second kappa shape index (κ2) is 10.7. The van der Waals surface area contributed by atoms with Crippen molar-refractivity contribution in [1.29, 1.82) is 0 Å². The van der Waals surface area contributed by atoms with Crippen LogP contribution in [0.1, 0.15) is 5.56 Å². The summed E-state index contributed by atoms with van der Waals surface area (Å²) in [6.45, 7) is 3.90. The number of hydroxylamine groups is 1. The van der Waals surface area contributed by atoms with E-state index in [1.807, 2.05) is 0 Å². The van der Waals surface area contributed by atoms with Gasteiger partial charge in [0.1, 0.15) is 23.0 Å². The summed E-state index contributed by atoms with van der Waals surface area (Å²) in [5, 5.41) is -0.257. The van der Waals surface area contributed by atoms with Gasteiger partial charge in [0, 0.05) is 48.7 Å². The minimum atomic E-state index is -4.19. The van der Waals surface area contributed by atoms with Crippen LogP contribution in [0.2, 0.25) is 5.02 Å². The number of hydrogen-bond acceptors (Lipinski definition) is 9. The fraction of sp³-hybridized carbons (Fsp3) is 0.269. The minimum absolute atomic E-state index is 0.112. The van der Waals surface area contributed by atoms with Crippen LogP contribution < -0.4 is 15.1 Å². The van der Waals surface area contributed by atoms with Gasteiger partial charge in [-0.2, -0.15) is 0 Å². The molecular weight excluding hydrogens is 565 g/mol. The number of fused-ring (bicyclic) bond motifs is 2. The van der Waals surface area contributed by atoms with E-state index in [0.29, 0.717) is 48.7 Å². The molecule has 0 unspecified atom stereocenters. The lowest BCUT2D eigenvalue weighted by molar-refractivity contribution is 0.0321. The van der Waals surface area contributed by atoms with Gasteiger partial charge in [0.05, 0.1) is 31.0 Å². The van der Waals surface area contributed by atoms with Crippen LogP contribution in [0.15, 0.2) is 64.7 Å². The Bertz CT molecular complexity index is 1760. The summed E-state index contributed by atoms with van der Waals surface area (Å²) >= 11 is 5.98. The number of nitrogens with zero attached hydrogens (tertiary/aromatic N) is 5. The second-order valence-electron chi connectivity index (χ2n) is 9.20. The molecule has 0 spiro atoms. The monoisotopic (exact) mass is 587 g/mol. The van der Waals surface area contributed by atoms with E-state index in [1.54, 1.807) is 24.4 Å². The third kappa shape index (κ3) is 5.13. The first kappa shape index (κ1) is 26.6. The maximum absolute atomic E-state index is 13.4. The third-order valence-electron chi connectivity index (χ3n) is 6.63. The van der Waals surface area contributed by atoms with Gasteiger partial charge in [-0.1, -0.05) is 11.6 Å². The molecule has 14 heteroatoms. The molecular formula is C26H23ClFN5O6S. The summed E-state index contributed by atoms with van der Waals surface area (Å²) in [4.78, 5) is 29.2. The number of pyridine rings is 2. The first-order valence-electron chi connectivity index (χ1n) is 12.4. The lowest BCUT2D eigenvalue weighted by Crippen LogP contribution is -2.38. The Labute approximate surface area is 233 Å². The van der Waals surface area contributed by atoms with Gasteiger partial charge in [-0.3, -0.25) is 14.1 Å². The van der Waals surface area contributed by atoms with E-state index in [4.69, 9.17) is 25.9 Å². The first-order valence-corrected chi connectivity index (χ1v) is 14.2. The van der Waals surface area contributed by atoms with Gasteiger partial charge in [-0.15, -0.1) is 0 Å². The topological polar surface area (TPSA) is 116 Å². The van der Waals surface area contributed by atoms with Gasteiger partial charge in [0.2, 0.25) is 11.6 Å². The lowest BCUT2D eigenvalue weighted by Gasteiger charge is -2.26. The number of sulfonamides is 1. The standard InChI is InChI=1S/C26H23ClFN5O6S/c27-21-12-20(28)2-3-23(21)40(35,36)33-16-19-11-18(13-30-25(19)39-33)17-1-4-24-29-14-22(26(34)32(24)15-17)38-10-7-31-5-8-37-9-6-31/h1-4,11-15H,5-10,16H2. The molecule has 1 saturated heterocycles. The predicted molar refractivity (Wildman–Crippen MR) is 142 cm³/mol. The molecule has 0 bridgehead atoms. The molecule has 1 fully saturated rings. The van der Waals surface area contributed by atoms with E-state index in [0.717, 1.165) is 35.8 Å². The van der Waals surface area contributed by atoms with Crippen molar-refractivity contribution in [2.45, 2.75) is 11.4 Å². The van der Waals surface area contributed by atoms with Crippen LogP contribution in [0.3, 0.4) is 0 Å². The second-order valence-corrected chi connectivity index (χ2v) is 11.4. The zero-order valence-corrected chi connectivity index (χ0v) is 22.6. The fourth-order valence-corrected chi connectivity index (χ4v) is 6.19. The maximum atomic E-state index is 13.4.